The zero-order valence-corrected chi connectivity index (χ0v) is 26.0. The summed E-state index contributed by atoms with van der Waals surface area (Å²) < 4.78 is 17.9. The molecule has 46 heavy (non-hydrogen) atoms. The molecule has 10 heteroatoms. The summed E-state index contributed by atoms with van der Waals surface area (Å²) in [5.41, 5.74) is 3.15. The lowest BCUT2D eigenvalue weighted by atomic mass is 9.83. The van der Waals surface area contributed by atoms with Crippen LogP contribution in [0.1, 0.15) is 65.7 Å². The molecule has 0 spiro atoms. The van der Waals surface area contributed by atoms with Crippen molar-refractivity contribution in [3.05, 3.63) is 134 Å². The Kier molecular flexibility index (Phi) is 8.99. The molecule has 5 aromatic rings. The minimum Gasteiger partial charge on any atom is -0.394 e. The van der Waals surface area contributed by atoms with Crippen LogP contribution in [-0.4, -0.2) is 36.3 Å². The first-order valence-electron chi connectivity index (χ1n) is 15.7. The lowest BCUT2D eigenvalue weighted by molar-refractivity contribution is -0.124. The van der Waals surface area contributed by atoms with Crippen LogP contribution in [0.15, 0.2) is 88.5 Å². The number of imidazole rings is 1. The Morgan fingerprint density at radius 2 is 1.57 bits per heavy atom. The normalized spacial score (nSPS) is 14.9. The van der Waals surface area contributed by atoms with E-state index in [4.69, 9.17) is 4.98 Å². The topological polar surface area (TPSA) is 111 Å². The van der Waals surface area contributed by atoms with E-state index in [1.165, 1.54) is 23.7 Å². The average Bonchev–Trinajstić information content (AvgIpc) is 3.73. The number of aryl methyl sites for hydroxylation is 1. The second-order valence-corrected chi connectivity index (χ2v) is 12.2. The fraction of sp³-hybridized carbons (Fsp3) is 0.333. The minimum absolute atomic E-state index is 0.103. The number of aliphatic hydroxyl groups excluding tert-OH is 1. The zero-order valence-electron chi connectivity index (χ0n) is 26.0. The van der Waals surface area contributed by atoms with E-state index in [2.05, 4.69) is 5.32 Å². The number of benzene rings is 3. The van der Waals surface area contributed by atoms with Crippen molar-refractivity contribution in [1.29, 1.82) is 0 Å². The predicted octanol–water partition coefficient (Wildman–Crippen LogP) is 4.34. The van der Waals surface area contributed by atoms with Gasteiger partial charge in [-0.2, -0.15) is 0 Å². The molecule has 238 valence electrons. The van der Waals surface area contributed by atoms with Gasteiger partial charge in [0.1, 0.15) is 11.6 Å². The Morgan fingerprint density at radius 1 is 0.913 bits per heavy atom. The Bertz CT molecular complexity index is 1960. The number of fused-ring (bicyclic) bond motifs is 1. The molecule has 1 aliphatic carbocycles. The number of aromatic nitrogens is 4. The van der Waals surface area contributed by atoms with E-state index in [-0.39, 0.29) is 35.8 Å². The van der Waals surface area contributed by atoms with Gasteiger partial charge in [0, 0.05) is 27.1 Å². The lowest BCUT2D eigenvalue weighted by Crippen LogP contribution is -2.37. The molecule has 0 radical (unpaired) electrons. The first-order valence-corrected chi connectivity index (χ1v) is 15.7. The molecule has 2 heterocycles. The lowest BCUT2D eigenvalue weighted by Gasteiger charge is -2.26. The highest BCUT2D eigenvalue weighted by atomic mass is 19.1. The van der Waals surface area contributed by atoms with Gasteiger partial charge in [0.2, 0.25) is 5.91 Å². The number of aliphatic hydroxyl groups is 1. The first kappa shape index (κ1) is 31.2. The Balaban J connectivity index is 1.33. The molecule has 3 aromatic carbocycles. The summed E-state index contributed by atoms with van der Waals surface area (Å²) in [6.45, 7) is 0.109. The molecular formula is C36H38FN5O4. The van der Waals surface area contributed by atoms with Gasteiger partial charge in [-0.1, -0.05) is 79.6 Å². The summed E-state index contributed by atoms with van der Waals surface area (Å²) in [5.74, 6) is -0.0353. The molecule has 2 N–H and O–H groups in total. The van der Waals surface area contributed by atoms with E-state index in [1.807, 2.05) is 59.2 Å². The van der Waals surface area contributed by atoms with Crippen LogP contribution >= 0.6 is 0 Å². The van der Waals surface area contributed by atoms with E-state index in [0.29, 0.717) is 24.3 Å². The SMILES string of the molecule is Cn1c(=O)c2c(nc(Cc3ccc(F)cc3)n2Cc2ccc(C(C(=O)NC(CO)c3ccccc3)C3CCCC3)cc2)n(C)c1=O. The highest BCUT2D eigenvalue weighted by Gasteiger charge is 2.33. The maximum atomic E-state index is 13.8. The first-order chi connectivity index (χ1) is 22.2. The van der Waals surface area contributed by atoms with Crippen molar-refractivity contribution in [2.75, 3.05) is 6.61 Å². The Morgan fingerprint density at radius 3 is 2.22 bits per heavy atom. The van der Waals surface area contributed by atoms with Gasteiger partial charge in [0.25, 0.3) is 5.56 Å². The molecule has 1 fully saturated rings. The smallest absolute Gasteiger partial charge is 0.332 e. The molecule has 9 nitrogen and oxygen atoms in total. The number of carbonyl (C=O) groups excluding carboxylic acids is 1. The second kappa shape index (κ2) is 13.3. The number of halogens is 1. The Hall–Kier alpha value is -4.83. The van der Waals surface area contributed by atoms with E-state index >= 15 is 0 Å². The van der Waals surface area contributed by atoms with Crippen LogP contribution in [0.4, 0.5) is 4.39 Å². The molecule has 0 bridgehead atoms. The summed E-state index contributed by atoms with van der Waals surface area (Å²) in [6.07, 6.45) is 4.42. The van der Waals surface area contributed by atoms with Crippen LogP contribution in [0.2, 0.25) is 0 Å². The molecular weight excluding hydrogens is 585 g/mol. The third-order valence-electron chi connectivity index (χ3n) is 9.24. The van der Waals surface area contributed by atoms with E-state index < -0.39 is 17.3 Å². The van der Waals surface area contributed by atoms with Gasteiger partial charge in [-0.3, -0.25) is 18.7 Å². The number of nitrogens with one attached hydrogen (secondary N) is 1. The van der Waals surface area contributed by atoms with Crippen molar-refractivity contribution in [3.63, 3.8) is 0 Å². The molecule has 0 saturated heterocycles. The van der Waals surface area contributed by atoms with Gasteiger partial charge < -0.3 is 15.0 Å². The molecule has 0 aliphatic heterocycles. The van der Waals surface area contributed by atoms with Gasteiger partial charge in [-0.05, 0) is 53.1 Å². The van der Waals surface area contributed by atoms with Gasteiger partial charge in [0.15, 0.2) is 11.2 Å². The summed E-state index contributed by atoms with van der Waals surface area (Å²) in [6, 6.07) is 23.0. The molecule has 1 aliphatic rings. The maximum Gasteiger partial charge on any atom is 0.332 e. The number of amides is 1. The second-order valence-electron chi connectivity index (χ2n) is 12.2. The monoisotopic (exact) mass is 623 g/mol. The third kappa shape index (κ3) is 6.17. The predicted molar refractivity (Wildman–Crippen MR) is 174 cm³/mol. The van der Waals surface area contributed by atoms with E-state index in [1.54, 1.807) is 19.2 Å². The van der Waals surface area contributed by atoms with Crippen LogP contribution in [0.3, 0.4) is 0 Å². The van der Waals surface area contributed by atoms with Crippen molar-refractivity contribution in [2.24, 2.45) is 20.0 Å². The van der Waals surface area contributed by atoms with Crippen LogP contribution in [-0.2, 0) is 31.9 Å². The molecule has 2 atom stereocenters. The van der Waals surface area contributed by atoms with Crippen LogP contribution in [0.25, 0.3) is 11.2 Å². The van der Waals surface area contributed by atoms with Crippen LogP contribution < -0.4 is 16.6 Å². The summed E-state index contributed by atoms with van der Waals surface area (Å²) >= 11 is 0. The van der Waals surface area contributed by atoms with Crippen molar-refractivity contribution < 1.29 is 14.3 Å². The summed E-state index contributed by atoms with van der Waals surface area (Å²) in [7, 11) is 3.04. The van der Waals surface area contributed by atoms with Gasteiger partial charge in [-0.25, -0.2) is 14.2 Å². The fourth-order valence-electron chi connectivity index (χ4n) is 6.70. The molecule has 1 saturated carbocycles. The quantitative estimate of drug-likeness (QED) is 0.241. The van der Waals surface area contributed by atoms with Crippen molar-refractivity contribution >= 4 is 17.1 Å². The third-order valence-corrected chi connectivity index (χ3v) is 9.24. The number of hydrogen-bond donors (Lipinski definition) is 2. The molecule has 1 amide bonds. The van der Waals surface area contributed by atoms with Crippen molar-refractivity contribution in [3.8, 4) is 0 Å². The largest absolute Gasteiger partial charge is 0.394 e. The molecule has 6 rings (SSSR count). The van der Waals surface area contributed by atoms with Crippen LogP contribution in [0, 0.1) is 11.7 Å². The van der Waals surface area contributed by atoms with E-state index in [0.717, 1.165) is 52.5 Å². The van der Waals surface area contributed by atoms with Crippen molar-refractivity contribution in [1.82, 2.24) is 24.0 Å². The number of hydrogen-bond acceptors (Lipinski definition) is 5. The Labute approximate surface area is 266 Å². The van der Waals surface area contributed by atoms with Crippen molar-refractivity contribution in [2.45, 2.75) is 50.6 Å². The maximum absolute atomic E-state index is 13.8. The highest BCUT2D eigenvalue weighted by Crippen LogP contribution is 2.38. The average molecular weight is 624 g/mol. The van der Waals surface area contributed by atoms with Crippen LogP contribution in [0.5, 0.6) is 0 Å². The van der Waals surface area contributed by atoms with Gasteiger partial charge >= 0.3 is 5.69 Å². The van der Waals surface area contributed by atoms with Gasteiger partial charge in [0.05, 0.1) is 18.6 Å². The highest BCUT2D eigenvalue weighted by molar-refractivity contribution is 5.84. The van der Waals surface area contributed by atoms with E-state index in [9.17, 15) is 23.9 Å². The fourth-order valence-corrected chi connectivity index (χ4v) is 6.70. The zero-order chi connectivity index (χ0) is 32.4. The summed E-state index contributed by atoms with van der Waals surface area (Å²) in [5, 5.41) is 13.2. The number of carbonyl (C=O) groups is 1. The van der Waals surface area contributed by atoms with Gasteiger partial charge in [-0.15, -0.1) is 0 Å². The number of nitrogens with zero attached hydrogens (tertiary/aromatic N) is 4. The minimum atomic E-state index is -0.496. The number of rotatable bonds is 10. The molecule has 2 aromatic heterocycles. The standard InChI is InChI=1S/C36H38FN5O4/c1-40-33-32(35(45)41(2)36(40)46)42(30(39-33)20-23-14-18-28(37)19-15-23)21-24-12-16-27(17-13-24)31(26-10-6-7-11-26)34(44)38-29(22-43)25-8-4-3-5-9-25/h3-5,8-9,12-19,26,29,31,43H,6-7,10-11,20-22H2,1-2H3,(H,38,44). The molecule has 2 unspecified atom stereocenters. The summed E-state index contributed by atoms with van der Waals surface area (Å²) in [4.78, 5) is 44.6.